The predicted molar refractivity (Wildman–Crippen MR) is 112 cm³/mol. The molecule has 10 heteroatoms. The van der Waals surface area contributed by atoms with Crippen molar-refractivity contribution in [1.82, 2.24) is 4.90 Å². The van der Waals surface area contributed by atoms with E-state index in [4.69, 9.17) is 5.73 Å². The Hall–Kier alpha value is -3.50. The number of phenols is 1. The Morgan fingerprint density at radius 2 is 1.82 bits per heavy atom. The third-order valence-corrected chi connectivity index (χ3v) is 7.20. The molecule has 0 bridgehead atoms. The normalized spacial score (nSPS) is 35.7. The van der Waals surface area contributed by atoms with Gasteiger partial charge < -0.3 is 20.7 Å². The summed E-state index contributed by atoms with van der Waals surface area (Å²) >= 11 is 0. The molecule has 4 rings (SSSR count). The zero-order valence-electron chi connectivity index (χ0n) is 17.8. The Bertz CT molecular complexity index is 1170. The first kappa shape index (κ1) is 22.7. The van der Waals surface area contributed by atoms with Crippen molar-refractivity contribution in [3.05, 3.63) is 35.9 Å². The average molecular weight is 454 g/mol. The molecule has 33 heavy (non-hydrogen) atoms. The molecule has 4 N–H and O–H groups in total. The van der Waals surface area contributed by atoms with Crippen LogP contribution in [0.4, 0.5) is 0 Å². The SMILES string of the molecule is C=C1c2cccc(O)c2C(=O)C2C(=O)[C@@]3(O)C(=O)C(C(N)=O)C(=O)[C@H](N(C)C)[C@H]3[C@H](C=O)[C@@H]12. The van der Waals surface area contributed by atoms with Gasteiger partial charge in [0.05, 0.1) is 17.5 Å². The number of aliphatic hydroxyl groups is 1. The first-order valence-corrected chi connectivity index (χ1v) is 10.2. The summed E-state index contributed by atoms with van der Waals surface area (Å²) in [5.41, 5.74) is 2.48. The summed E-state index contributed by atoms with van der Waals surface area (Å²) < 4.78 is 0. The van der Waals surface area contributed by atoms with Crippen LogP contribution in [-0.4, -0.2) is 76.2 Å². The third kappa shape index (κ3) is 2.67. The van der Waals surface area contributed by atoms with Gasteiger partial charge in [-0.2, -0.15) is 0 Å². The Labute approximate surface area is 188 Å². The number of benzene rings is 1. The third-order valence-electron chi connectivity index (χ3n) is 7.20. The van der Waals surface area contributed by atoms with Crippen molar-refractivity contribution in [3.63, 3.8) is 0 Å². The molecule has 2 saturated carbocycles. The molecule has 0 aliphatic heterocycles. The van der Waals surface area contributed by atoms with Crippen molar-refractivity contribution < 1.29 is 39.0 Å². The van der Waals surface area contributed by atoms with Gasteiger partial charge in [0, 0.05) is 17.8 Å². The molecule has 0 aromatic heterocycles. The molecular formula is C23H22N2O8. The number of allylic oxidation sites excluding steroid dienone is 1. The van der Waals surface area contributed by atoms with Gasteiger partial charge in [-0.1, -0.05) is 18.7 Å². The minimum atomic E-state index is -2.99. The fraction of sp³-hybridized carbons (Fsp3) is 0.391. The van der Waals surface area contributed by atoms with E-state index < -0.39 is 76.0 Å². The van der Waals surface area contributed by atoms with E-state index in [0.29, 0.717) is 6.29 Å². The van der Waals surface area contributed by atoms with E-state index in [2.05, 4.69) is 6.58 Å². The van der Waals surface area contributed by atoms with E-state index in [1.807, 2.05) is 0 Å². The largest absolute Gasteiger partial charge is 0.507 e. The van der Waals surface area contributed by atoms with Gasteiger partial charge in [0.2, 0.25) is 5.91 Å². The van der Waals surface area contributed by atoms with E-state index >= 15 is 0 Å². The van der Waals surface area contributed by atoms with E-state index in [1.165, 1.54) is 37.2 Å². The van der Waals surface area contributed by atoms with Gasteiger partial charge >= 0.3 is 0 Å². The van der Waals surface area contributed by atoms with Gasteiger partial charge in [-0.25, -0.2) is 0 Å². The lowest BCUT2D eigenvalue weighted by molar-refractivity contribution is -0.185. The molecule has 3 aliphatic carbocycles. The maximum absolute atomic E-state index is 13.7. The van der Waals surface area contributed by atoms with Gasteiger partial charge in [-0.3, -0.25) is 28.9 Å². The molecule has 3 aliphatic rings. The number of aromatic hydroxyl groups is 1. The number of hydrogen-bond donors (Lipinski definition) is 3. The van der Waals surface area contributed by atoms with Crippen LogP contribution in [0.1, 0.15) is 15.9 Å². The summed E-state index contributed by atoms with van der Waals surface area (Å²) in [4.78, 5) is 79.1. The van der Waals surface area contributed by atoms with Crippen LogP contribution in [0, 0.1) is 29.6 Å². The summed E-state index contributed by atoms with van der Waals surface area (Å²) in [6.07, 6.45) is 0.396. The van der Waals surface area contributed by atoms with E-state index in [0.717, 1.165) is 0 Å². The number of nitrogens with two attached hydrogens (primary N) is 1. The monoisotopic (exact) mass is 454 g/mol. The van der Waals surface area contributed by atoms with E-state index in [9.17, 15) is 39.0 Å². The molecule has 1 amide bonds. The van der Waals surface area contributed by atoms with Gasteiger partial charge in [0.25, 0.3) is 0 Å². The smallest absolute Gasteiger partial charge is 0.235 e. The highest BCUT2D eigenvalue weighted by molar-refractivity contribution is 6.33. The second kappa shape index (κ2) is 7.26. The number of primary amides is 1. The zero-order chi connectivity index (χ0) is 24.6. The van der Waals surface area contributed by atoms with Crippen molar-refractivity contribution in [3.8, 4) is 5.75 Å². The van der Waals surface area contributed by atoms with Crippen LogP contribution >= 0.6 is 0 Å². The zero-order valence-corrected chi connectivity index (χ0v) is 17.8. The van der Waals surface area contributed by atoms with Gasteiger partial charge in [0.1, 0.15) is 12.0 Å². The van der Waals surface area contributed by atoms with Gasteiger partial charge in [-0.15, -0.1) is 0 Å². The molecule has 7 atom stereocenters. The number of Topliss-reactive ketones (excluding diaryl/α,β-unsaturated/α-hetero) is 4. The number of amides is 1. The van der Waals surface area contributed by atoms with Crippen molar-refractivity contribution in [2.24, 2.45) is 35.3 Å². The van der Waals surface area contributed by atoms with Crippen LogP contribution in [-0.2, 0) is 24.0 Å². The highest BCUT2D eigenvalue weighted by Crippen LogP contribution is 2.55. The van der Waals surface area contributed by atoms with Crippen molar-refractivity contribution in [2.45, 2.75) is 11.6 Å². The van der Waals surface area contributed by atoms with Crippen LogP contribution in [0.2, 0.25) is 0 Å². The number of carbonyl (C=O) groups excluding carboxylic acids is 6. The van der Waals surface area contributed by atoms with Gasteiger partial charge in [-0.05, 0) is 31.3 Å². The predicted octanol–water partition coefficient (Wildman–Crippen LogP) is -1.24. The van der Waals surface area contributed by atoms with Crippen molar-refractivity contribution in [2.75, 3.05) is 14.1 Å². The lowest BCUT2D eigenvalue weighted by Gasteiger charge is -2.55. The van der Waals surface area contributed by atoms with Crippen LogP contribution in [0.25, 0.3) is 5.57 Å². The minimum Gasteiger partial charge on any atom is -0.507 e. The lowest BCUT2D eigenvalue weighted by Crippen LogP contribution is -2.76. The first-order chi connectivity index (χ1) is 15.4. The van der Waals surface area contributed by atoms with Crippen molar-refractivity contribution >= 4 is 40.9 Å². The Morgan fingerprint density at radius 1 is 1.18 bits per heavy atom. The quantitative estimate of drug-likeness (QED) is 0.373. The fourth-order valence-corrected chi connectivity index (χ4v) is 5.84. The number of carbonyl (C=O) groups is 6. The molecule has 10 nitrogen and oxygen atoms in total. The van der Waals surface area contributed by atoms with E-state index in [-0.39, 0.29) is 16.7 Å². The summed E-state index contributed by atoms with van der Waals surface area (Å²) in [5.74, 6) is -14.2. The maximum atomic E-state index is 13.7. The first-order valence-electron chi connectivity index (χ1n) is 10.2. The van der Waals surface area contributed by atoms with Crippen molar-refractivity contribution in [1.29, 1.82) is 0 Å². The Morgan fingerprint density at radius 3 is 2.36 bits per heavy atom. The number of nitrogens with zero attached hydrogens (tertiary/aromatic N) is 1. The standard InChI is InChI=1S/C23H22N2O8/c1-8-9-5-4-6-11(27)13(9)18(28)14-12(8)10(7-26)16-17(25(2)3)19(29)15(22(24)32)21(31)23(16,33)20(14)30/h4-7,10,12,14-17,27,33H,1H2,2-3H3,(H2,24,32)/t10-,12-,14?,15?,16-,17-,23-/m1/s1. The topological polar surface area (TPSA) is 172 Å². The number of ketones is 4. The van der Waals surface area contributed by atoms with Gasteiger partial charge in [0.15, 0.2) is 34.7 Å². The molecule has 0 radical (unpaired) electrons. The lowest BCUT2D eigenvalue weighted by atomic mass is 9.48. The summed E-state index contributed by atoms with van der Waals surface area (Å²) in [6, 6.07) is 2.82. The highest BCUT2D eigenvalue weighted by Gasteiger charge is 2.72. The van der Waals surface area contributed by atoms with Crippen LogP contribution in [0.15, 0.2) is 24.8 Å². The second-order valence-electron chi connectivity index (χ2n) is 8.97. The average Bonchev–Trinajstić information content (AvgIpc) is 2.73. The number of hydrogen-bond acceptors (Lipinski definition) is 9. The fourth-order valence-electron chi connectivity index (χ4n) is 5.84. The molecule has 0 spiro atoms. The molecular weight excluding hydrogens is 432 g/mol. The number of likely N-dealkylation sites (N-methyl/N-ethyl adjacent to an activating group) is 1. The molecule has 1 aromatic rings. The van der Waals surface area contributed by atoms with E-state index in [1.54, 1.807) is 0 Å². The van der Waals surface area contributed by atoms with Crippen LogP contribution in [0.3, 0.4) is 0 Å². The van der Waals surface area contributed by atoms with Crippen LogP contribution in [0.5, 0.6) is 5.75 Å². The summed E-state index contributed by atoms with van der Waals surface area (Å²) in [5, 5.41) is 21.8. The Kier molecular flexibility index (Phi) is 4.99. The molecule has 2 unspecified atom stereocenters. The number of fused-ring (bicyclic) bond motifs is 3. The summed E-state index contributed by atoms with van der Waals surface area (Å²) in [6.45, 7) is 3.95. The molecule has 2 fully saturated rings. The number of aldehydes is 1. The highest BCUT2D eigenvalue weighted by atomic mass is 16.3. The number of rotatable bonds is 3. The maximum Gasteiger partial charge on any atom is 0.235 e. The second-order valence-corrected chi connectivity index (χ2v) is 8.97. The molecule has 0 heterocycles. The molecule has 1 aromatic carbocycles. The molecule has 172 valence electrons. The Balaban J connectivity index is 2.01. The minimum absolute atomic E-state index is 0.187. The number of phenolic OH excluding ortho intramolecular Hbond substituents is 1. The van der Waals surface area contributed by atoms with Crippen LogP contribution < -0.4 is 5.73 Å². The summed E-state index contributed by atoms with van der Waals surface area (Å²) in [7, 11) is 2.87. The molecule has 0 saturated heterocycles.